The molecule has 356 valence electrons. The first-order valence-electron chi connectivity index (χ1n) is 25.9. The van der Waals surface area contributed by atoms with Crippen molar-refractivity contribution in [2.24, 2.45) is 0 Å². The minimum atomic E-state index is -0.805. The highest BCUT2D eigenvalue weighted by atomic mass is 16.5. The Bertz CT molecular complexity index is 1200. The lowest BCUT2D eigenvalue weighted by atomic mass is 10.0. The molecule has 0 radical (unpaired) electrons. The van der Waals surface area contributed by atoms with Gasteiger partial charge in [-0.15, -0.1) is 0 Å². The number of unbranched alkanes of at least 4 members (excludes halogenated alkanes) is 24. The second-order valence-electron chi connectivity index (χ2n) is 17.3. The normalized spacial score (nSPS) is 14.0. The van der Waals surface area contributed by atoms with Crippen molar-refractivity contribution >= 4 is 11.9 Å². The van der Waals surface area contributed by atoms with Gasteiger partial charge < -0.3 is 20.3 Å². The Balaban J connectivity index is 4.56. The molecule has 3 N–H and O–H groups in total. The zero-order valence-electron chi connectivity index (χ0n) is 40.5. The molecule has 0 fully saturated rings. The number of hydrogen-bond donors (Lipinski definition) is 3. The number of allylic oxidation sites excluding steroid dienone is 14. The Kier molecular flexibility index (Phi) is 46.7. The minimum Gasteiger partial charge on any atom is -0.462 e. The second kappa shape index (κ2) is 49.1. The van der Waals surface area contributed by atoms with Crippen molar-refractivity contribution < 1.29 is 24.5 Å². The lowest BCUT2D eigenvalue weighted by molar-refractivity contribution is -0.151. The number of aliphatic hydroxyl groups excluding tert-OH is 2. The van der Waals surface area contributed by atoms with Gasteiger partial charge in [0.1, 0.15) is 6.10 Å². The van der Waals surface area contributed by atoms with Crippen molar-refractivity contribution in [3.05, 3.63) is 85.1 Å². The van der Waals surface area contributed by atoms with Crippen LogP contribution < -0.4 is 5.32 Å². The third kappa shape index (κ3) is 43.7. The summed E-state index contributed by atoms with van der Waals surface area (Å²) in [7, 11) is 0. The molecule has 0 aliphatic rings. The maximum Gasteiger partial charge on any atom is 0.306 e. The number of amides is 1. The highest BCUT2D eigenvalue weighted by molar-refractivity contribution is 5.77. The van der Waals surface area contributed by atoms with Gasteiger partial charge in [-0.05, 0) is 64.2 Å². The van der Waals surface area contributed by atoms with Crippen LogP contribution in [0.2, 0.25) is 0 Å². The van der Waals surface area contributed by atoms with Gasteiger partial charge in [0.2, 0.25) is 5.91 Å². The van der Waals surface area contributed by atoms with Gasteiger partial charge in [-0.1, -0.05) is 241 Å². The van der Waals surface area contributed by atoms with Gasteiger partial charge in [-0.25, -0.2) is 0 Å². The van der Waals surface area contributed by atoms with E-state index in [1.54, 1.807) is 0 Å². The molecule has 0 bridgehead atoms. The molecule has 0 saturated carbocycles. The molecular formula is C56H97NO5. The van der Waals surface area contributed by atoms with Crippen LogP contribution >= 0.6 is 0 Å². The average molecular weight is 864 g/mol. The monoisotopic (exact) mass is 864 g/mol. The molecule has 0 aliphatic carbocycles. The Labute approximate surface area is 383 Å². The first-order valence-corrected chi connectivity index (χ1v) is 25.9. The quantitative estimate of drug-likeness (QED) is 0.0322. The summed E-state index contributed by atoms with van der Waals surface area (Å²) in [5.41, 5.74) is 0. The van der Waals surface area contributed by atoms with Gasteiger partial charge in [0.05, 0.1) is 25.2 Å². The molecule has 1 amide bonds. The Hall–Kier alpha value is -2.96. The number of hydrogen-bond acceptors (Lipinski definition) is 5. The first kappa shape index (κ1) is 59.0. The fourth-order valence-corrected chi connectivity index (χ4v) is 7.50. The number of carbonyl (C=O) groups is 2. The summed E-state index contributed by atoms with van der Waals surface area (Å²) in [5.74, 6) is -0.540. The molecule has 0 heterocycles. The van der Waals surface area contributed by atoms with Gasteiger partial charge >= 0.3 is 5.97 Å². The molecule has 0 saturated heterocycles. The van der Waals surface area contributed by atoms with E-state index in [1.165, 1.54) is 89.9 Å². The molecule has 6 nitrogen and oxygen atoms in total. The molecule has 0 aliphatic heterocycles. The lowest BCUT2D eigenvalue weighted by Crippen LogP contribution is -2.46. The van der Waals surface area contributed by atoms with Crippen molar-refractivity contribution in [2.75, 3.05) is 6.61 Å². The SMILES string of the molecule is CC/C=C/C=C/C=C\CCCCCC(CC(=O)NC(CO)C(O)CCCCCCCCCCCCCCCCCCC)OC(=O)CCCCCCC\C=C/C=C/C=C/C=C/CC. The fourth-order valence-electron chi connectivity index (χ4n) is 7.50. The Morgan fingerprint density at radius 2 is 0.871 bits per heavy atom. The van der Waals surface area contributed by atoms with Crippen molar-refractivity contribution in [1.82, 2.24) is 5.32 Å². The number of esters is 1. The number of aliphatic hydroxyl groups is 2. The van der Waals surface area contributed by atoms with Crippen LogP contribution in [0.1, 0.15) is 233 Å². The molecule has 0 rings (SSSR count). The molecule has 6 heteroatoms. The summed E-state index contributed by atoms with van der Waals surface area (Å²) in [6, 6.07) is -0.722. The van der Waals surface area contributed by atoms with Gasteiger partial charge in [-0.2, -0.15) is 0 Å². The highest BCUT2D eigenvalue weighted by Gasteiger charge is 2.24. The van der Waals surface area contributed by atoms with E-state index >= 15 is 0 Å². The molecule has 0 aromatic heterocycles. The van der Waals surface area contributed by atoms with Gasteiger partial charge in [-0.3, -0.25) is 9.59 Å². The van der Waals surface area contributed by atoms with Crippen LogP contribution in [0.15, 0.2) is 85.1 Å². The number of nitrogens with one attached hydrogen (secondary N) is 1. The average Bonchev–Trinajstić information content (AvgIpc) is 3.26. The van der Waals surface area contributed by atoms with E-state index in [2.05, 4.69) is 80.8 Å². The summed E-state index contributed by atoms with van der Waals surface area (Å²) >= 11 is 0. The second-order valence-corrected chi connectivity index (χ2v) is 17.3. The molecule has 62 heavy (non-hydrogen) atoms. The molecule has 0 spiro atoms. The Morgan fingerprint density at radius 3 is 1.34 bits per heavy atom. The zero-order valence-corrected chi connectivity index (χ0v) is 40.5. The zero-order chi connectivity index (χ0) is 45.2. The summed E-state index contributed by atoms with van der Waals surface area (Å²) in [4.78, 5) is 26.1. The Morgan fingerprint density at radius 1 is 0.484 bits per heavy atom. The number of ether oxygens (including phenoxy) is 1. The van der Waals surface area contributed by atoms with Crippen molar-refractivity contribution in [1.29, 1.82) is 0 Å². The van der Waals surface area contributed by atoms with Gasteiger partial charge in [0.15, 0.2) is 0 Å². The van der Waals surface area contributed by atoms with Crippen molar-refractivity contribution in [2.45, 2.75) is 251 Å². The first-order chi connectivity index (χ1) is 30.5. The standard InChI is InChI=1S/C56H97NO5/c1-4-7-10-13-16-19-22-24-26-27-29-30-33-36-39-42-45-48-54(59)53(51-58)57-55(60)50-52(47-44-41-38-35-32-21-18-15-12-9-6-3)62-56(61)49-46-43-40-37-34-31-28-25-23-20-17-14-11-8-5-2/h8-9,11-12,14-15,17-18,20-21,23,25,28,32,52-54,58-59H,4-7,10,13,16,19,22,24,26-27,29-31,33-51H2,1-3H3,(H,57,60)/b11-8+,12-9+,17-14+,18-15+,23-20+,28-25-,32-21-. The van der Waals surface area contributed by atoms with Crippen LogP contribution in [0.4, 0.5) is 0 Å². The minimum absolute atomic E-state index is 0.0406. The third-order valence-corrected chi connectivity index (χ3v) is 11.4. The van der Waals surface area contributed by atoms with Gasteiger partial charge in [0, 0.05) is 6.42 Å². The summed E-state index contributed by atoms with van der Waals surface area (Å²) in [6.45, 7) is 6.20. The largest absolute Gasteiger partial charge is 0.462 e. The van der Waals surface area contributed by atoms with E-state index < -0.39 is 18.2 Å². The molecule has 0 aromatic carbocycles. The number of carbonyl (C=O) groups excluding carboxylic acids is 2. The summed E-state index contributed by atoms with van der Waals surface area (Å²) in [5, 5.41) is 23.8. The fraction of sp³-hybridized carbons (Fsp3) is 0.714. The topological polar surface area (TPSA) is 95.9 Å². The van der Waals surface area contributed by atoms with E-state index in [0.29, 0.717) is 19.3 Å². The van der Waals surface area contributed by atoms with E-state index in [9.17, 15) is 19.8 Å². The molecular weight excluding hydrogens is 767 g/mol. The molecule has 0 aromatic rings. The van der Waals surface area contributed by atoms with Crippen molar-refractivity contribution in [3.63, 3.8) is 0 Å². The predicted molar refractivity (Wildman–Crippen MR) is 268 cm³/mol. The van der Waals surface area contributed by atoms with E-state index in [1.807, 2.05) is 30.4 Å². The third-order valence-electron chi connectivity index (χ3n) is 11.4. The van der Waals surface area contributed by atoms with Gasteiger partial charge in [0.25, 0.3) is 0 Å². The van der Waals surface area contributed by atoms with Crippen molar-refractivity contribution in [3.8, 4) is 0 Å². The maximum atomic E-state index is 13.2. The van der Waals surface area contributed by atoms with E-state index in [4.69, 9.17) is 4.74 Å². The van der Waals surface area contributed by atoms with Crippen LogP contribution in [0.25, 0.3) is 0 Å². The van der Waals surface area contributed by atoms with Crippen LogP contribution in [0, 0.1) is 0 Å². The lowest BCUT2D eigenvalue weighted by Gasteiger charge is -2.24. The highest BCUT2D eigenvalue weighted by Crippen LogP contribution is 2.17. The van der Waals surface area contributed by atoms with Crippen LogP contribution in [-0.4, -0.2) is 46.9 Å². The predicted octanol–water partition coefficient (Wildman–Crippen LogP) is 15.6. The smallest absolute Gasteiger partial charge is 0.306 e. The summed E-state index contributed by atoms with van der Waals surface area (Å²) in [6.07, 6.45) is 63.6. The van der Waals surface area contributed by atoms with Crippen LogP contribution in [0.3, 0.4) is 0 Å². The maximum absolute atomic E-state index is 13.2. The summed E-state index contributed by atoms with van der Waals surface area (Å²) < 4.78 is 5.90. The van der Waals surface area contributed by atoms with Crippen LogP contribution in [-0.2, 0) is 14.3 Å². The van der Waals surface area contributed by atoms with E-state index in [-0.39, 0.29) is 24.9 Å². The van der Waals surface area contributed by atoms with E-state index in [0.717, 1.165) is 96.3 Å². The molecule has 3 unspecified atom stereocenters. The molecule has 3 atom stereocenters. The number of rotatable bonds is 45. The van der Waals surface area contributed by atoms with Crippen LogP contribution in [0.5, 0.6) is 0 Å².